The molecule has 7 nitrogen and oxygen atoms in total. The number of ether oxygens (including phenoxy) is 1. The number of carbonyl (C=O) groups is 1. The monoisotopic (exact) mass is 419 g/mol. The third kappa shape index (κ3) is 6.67. The molecule has 1 aromatic rings. The number of nitrogens with one attached hydrogen (secondary N) is 2. The van der Waals surface area contributed by atoms with E-state index in [4.69, 9.17) is 9.73 Å². The van der Waals surface area contributed by atoms with E-state index in [0.717, 1.165) is 63.6 Å². The predicted octanol–water partition coefficient (Wildman–Crippen LogP) is 1.77. The van der Waals surface area contributed by atoms with Crippen molar-refractivity contribution in [3.8, 4) is 0 Å². The summed E-state index contributed by atoms with van der Waals surface area (Å²) < 4.78 is 18.9. The third-order valence-corrected chi connectivity index (χ3v) is 5.58. The van der Waals surface area contributed by atoms with Crippen LogP contribution in [0.5, 0.6) is 0 Å². The minimum Gasteiger partial charge on any atom is -0.379 e. The van der Waals surface area contributed by atoms with Gasteiger partial charge in [0.1, 0.15) is 5.82 Å². The van der Waals surface area contributed by atoms with Crippen LogP contribution in [-0.4, -0.2) is 80.7 Å². The summed E-state index contributed by atoms with van der Waals surface area (Å²) in [7, 11) is 0. The smallest absolute Gasteiger partial charge is 0.222 e. The molecule has 2 aliphatic heterocycles. The fraction of sp³-hybridized carbons (Fsp3) is 0.636. The topological polar surface area (TPSA) is 69.2 Å². The van der Waals surface area contributed by atoms with Gasteiger partial charge in [-0.3, -0.25) is 14.7 Å². The van der Waals surface area contributed by atoms with Crippen molar-refractivity contribution in [3.05, 3.63) is 35.6 Å². The molecule has 0 radical (unpaired) electrons. The lowest BCUT2D eigenvalue weighted by atomic mass is 10.0. The molecular weight excluding hydrogens is 385 g/mol. The van der Waals surface area contributed by atoms with E-state index in [0.29, 0.717) is 26.2 Å². The second-order valence-electron chi connectivity index (χ2n) is 7.70. The zero-order valence-electron chi connectivity index (χ0n) is 17.9. The fourth-order valence-corrected chi connectivity index (χ4v) is 3.94. The molecule has 30 heavy (non-hydrogen) atoms. The number of morpholine rings is 1. The van der Waals surface area contributed by atoms with E-state index in [1.54, 1.807) is 0 Å². The number of benzene rings is 1. The number of hydrogen-bond donors (Lipinski definition) is 2. The molecule has 2 heterocycles. The Morgan fingerprint density at radius 2 is 1.97 bits per heavy atom. The Bertz CT molecular complexity index is 691. The van der Waals surface area contributed by atoms with Gasteiger partial charge in [-0.25, -0.2) is 4.39 Å². The first-order valence-corrected chi connectivity index (χ1v) is 11.0. The van der Waals surface area contributed by atoms with Crippen LogP contribution in [0.4, 0.5) is 4.39 Å². The van der Waals surface area contributed by atoms with Gasteiger partial charge in [0.15, 0.2) is 5.96 Å². The first kappa shape index (κ1) is 22.5. The quantitative estimate of drug-likeness (QED) is 0.363. The number of likely N-dealkylation sites (tertiary alicyclic amines) is 1. The molecule has 0 aliphatic carbocycles. The molecule has 2 aliphatic rings. The molecule has 166 valence electrons. The molecule has 2 fully saturated rings. The van der Waals surface area contributed by atoms with Crippen LogP contribution >= 0.6 is 0 Å². The Morgan fingerprint density at radius 3 is 2.63 bits per heavy atom. The highest BCUT2D eigenvalue weighted by Crippen LogP contribution is 2.22. The van der Waals surface area contributed by atoms with Gasteiger partial charge >= 0.3 is 0 Å². The summed E-state index contributed by atoms with van der Waals surface area (Å²) in [6.07, 6.45) is 2.55. The highest BCUT2D eigenvalue weighted by atomic mass is 19.1. The maximum atomic E-state index is 13.4. The number of amides is 1. The van der Waals surface area contributed by atoms with Crippen molar-refractivity contribution >= 4 is 11.9 Å². The minimum absolute atomic E-state index is 0.0761. The van der Waals surface area contributed by atoms with Crippen LogP contribution in [0.25, 0.3) is 0 Å². The Hall–Kier alpha value is -2.19. The molecule has 1 unspecified atom stereocenters. The second kappa shape index (κ2) is 11.9. The number of aliphatic imine (C=N–C) groups is 1. The van der Waals surface area contributed by atoms with Gasteiger partial charge in [-0.2, -0.15) is 0 Å². The van der Waals surface area contributed by atoms with Crippen molar-refractivity contribution in [2.45, 2.75) is 32.2 Å². The molecule has 8 heteroatoms. The summed E-state index contributed by atoms with van der Waals surface area (Å²) in [5.41, 5.74) is 1.06. The van der Waals surface area contributed by atoms with Crippen molar-refractivity contribution in [2.24, 2.45) is 4.99 Å². The molecule has 1 aromatic carbocycles. The van der Waals surface area contributed by atoms with Crippen molar-refractivity contribution in [2.75, 3.05) is 59.0 Å². The van der Waals surface area contributed by atoms with Gasteiger partial charge in [0.25, 0.3) is 0 Å². The molecule has 0 spiro atoms. The van der Waals surface area contributed by atoms with E-state index in [-0.39, 0.29) is 17.8 Å². The first-order chi connectivity index (χ1) is 14.7. The zero-order valence-corrected chi connectivity index (χ0v) is 17.9. The van der Waals surface area contributed by atoms with Gasteiger partial charge in [0.2, 0.25) is 5.91 Å². The second-order valence-corrected chi connectivity index (χ2v) is 7.70. The molecule has 0 bridgehead atoms. The predicted molar refractivity (Wildman–Crippen MR) is 116 cm³/mol. The summed E-state index contributed by atoms with van der Waals surface area (Å²) >= 11 is 0. The molecule has 2 N–H and O–H groups in total. The molecule has 0 saturated carbocycles. The SMILES string of the molecule is CCNC(=NCC(c1ccc(F)cc1)N1CCOCC1)NCCCN1CCCC1=O. The molecular formula is C22H34FN5O2. The molecule has 0 aromatic heterocycles. The fourth-order valence-electron chi connectivity index (χ4n) is 3.94. The van der Waals surface area contributed by atoms with E-state index in [2.05, 4.69) is 15.5 Å². The standard InChI is InChI=1S/C22H34FN5O2/c1-2-24-22(25-10-4-12-28-11-3-5-21(28)29)26-17-20(27-13-15-30-16-14-27)18-6-8-19(23)9-7-18/h6-9,20H,2-5,10-17H2,1H3,(H2,24,25,26). The average molecular weight is 420 g/mol. The zero-order chi connectivity index (χ0) is 21.2. The van der Waals surface area contributed by atoms with E-state index in [1.165, 1.54) is 12.1 Å². The van der Waals surface area contributed by atoms with Crippen molar-refractivity contribution in [1.29, 1.82) is 0 Å². The van der Waals surface area contributed by atoms with Gasteiger partial charge in [-0.1, -0.05) is 12.1 Å². The molecule has 1 atom stereocenters. The Balaban J connectivity index is 1.58. The van der Waals surface area contributed by atoms with Gasteiger partial charge in [-0.15, -0.1) is 0 Å². The van der Waals surface area contributed by atoms with Crippen LogP contribution in [-0.2, 0) is 9.53 Å². The largest absolute Gasteiger partial charge is 0.379 e. The Labute approximate surface area is 178 Å². The number of nitrogens with zero attached hydrogens (tertiary/aromatic N) is 3. The highest BCUT2D eigenvalue weighted by molar-refractivity contribution is 5.80. The van der Waals surface area contributed by atoms with E-state index < -0.39 is 0 Å². The number of carbonyl (C=O) groups excluding carboxylic acids is 1. The maximum absolute atomic E-state index is 13.4. The summed E-state index contributed by atoms with van der Waals surface area (Å²) in [6, 6.07) is 6.79. The summed E-state index contributed by atoms with van der Waals surface area (Å²) in [6.45, 7) is 8.90. The summed E-state index contributed by atoms with van der Waals surface area (Å²) in [5, 5.41) is 6.67. The lowest BCUT2D eigenvalue weighted by Crippen LogP contribution is -2.42. The molecule has 2 saturated heterocycles. The van der Waals surface area contributed by atoms with E-state index in [1.807, 2.05) is 24.0 Å². The van der Waals surface area contributed by atoms with E-state index in [9.17, 15) is 9.18 Å². The lowest BCUT2D eigenvalue weighted by Gasteiger charge is -2.34. The number of hydrogen-bond acceptors (Lipinski definition) is 4. The minimum atomic E-state index is -0.227. The lowest BCUT2D eigenvalue weighted by molar-refractivity contribution is -0.127. The number of rotatable bonds is 9. The van der Waals surface area contributed by atoms with Crippen molar-refractivity contribution in [1.82, 2.24) is 20.4 Å². The van der Waals surface area contributed by atoms with Crippen LogP contribution in [0.2, 0.25) is 0 Å². The number of halogens is 1. The van der Waals surface area contributed by atoms with E-state index >= 15 is 0 Å². The average Bonchev–Trinajstić information content (AvgIpc) is 3.18. The van der Waals surface area contributed by atoms with Crippen LogP contribution in [0.3, 0.4) is 0 Å². The molecule has 1 amide bonds. The van der Waals surface area contributed by atoms with Crippen LogP contribution in [0.1, 0.15) is 37.8 Å². The van der Waals surface area contributed by atoms with Gasteiger partial charge in [0, 0.05) is 45.7 Å². The normalized spacial score (nSPS) is 19.2. The van der Waals surface area contributed by atoms with Crippen LogP contribution in [0, 0.1) is 5.82 Å². The van der Waals surface area contributed by atoms with Gasteiger partial charge in [-0.05, 0) is 37.5 Å². The van der Waals surface area contributed by atoms with Gasteiger partial charge in [0.05, 0.1) is 25.8 Å². The molecule has 3 rings (SSSR count). The first-order valence-electron chi connectivity index (χ1n) is 11.0. The van der Waals surface area contributed by atoms with Crippen molar-refractivity contribution < 1.29 is 13.9 Å². The van der Waals surface area contributed by atoms with Gasteiger partial charge < -0.3 is 20.3 Å². The van der Waals surface area contributed by atoms with Crippen molar-refractivity contribution in [3.63, 3.8) is 0 Å². The van der Waals surface area contributed by atoms with Crippen LogP contribution < -0.4 is 10.6 Å². The third-order valence-electron chi connectivity index (χ3n) is 5.58. The number of guanidine groups is 1. The summed E-state index contributed by atoms with van der Waals surface area (Å²) in [5.74, 6) is 0.809. The summed E-state index contributed by atoms with van der Waals surface area (Å²) in [4.78, 5) is 20.8. The Morgan fingerprint density at radius 1 is 1.20 bits per heavy atom. The highest BCUT2D eigenvalue weighted by Gasteiger charge is 2.23. The Kier molecular flexibility index (Phi) is 8.89. The maximum Gasteiger partial charge on any atom is 0.222 e. The van der Waals surface area contributed by atoms with Crippen LogP contribution in [0.15, 0.2) is 29.3 Å².